The molecule has 0 radical (unpaired) electrons. The first kappa shape index (κ1) is 27.2. The van der Waals surface area contributed by atoms with E-state index in [1.165, 1.54) is 17.6 Å². The molecule has 0 fully saturated rings. The van der Waals surface area contributed by atoms with Crippen LogP contribution in [0.4, 0.5) is 13.2 Å². The summed E-state index contributed by atoms with van der Waals surface area (Å²) in [5, 5.41) is 13.8. The summed E-state index contributed by atoms with van der Waals surface area (Å²) in [6, 6.07) is 20.1. The highest BCUT2D eigenvalue weighted by molar-refractivity contribution is 5.98. The van der Waals surface area contributed by atoms with Gasteiger partial charge in [-0.2, -0.15) is 0 Å². The number of hydrogen-bond donors (Lipinski definition) is 4. The van der Waals surface area contributed by atoms with Gasteiger partial charge in [-0.3, -0.25) is 19.6 Å². The average molecular weight is 515 g/mol. The van der Waals surface area contributed by atoms with Gasteiger partial charge in [-0.25, -0.2) is 5.48 Å². The van der Waals surface area contributed by atoms with Crippen molar-refractivity contribution in [2.75, 3.05) is 0 Å². The minimum absolute atomic E-state index is 0.136. The zero-order chi connectivity index (χ0) is 26.8. The molecule has 3 amide bonds. The molecule has 0 unspecified atom stereocenters. The molecule has 0 heterocycles. The summed E-state index contributed by atoms with van der Waals surface area (Å²) in [5.41, 5.74) is 3.92. The second kappa shape index (κ2) is 12.5. The van der Waals surface area contributed by atoms with Crippen LogP contribution in [0.5, 0.6) is 5.75 Å². The molecule has 0 saturated heterocycles. The minimum atomic E-state index is -4.86. The van der Waals surface area contributed by atoms with Crippen LogP contribution in [0.15, 0.2) is 78.9 Å². The van der Waals surface area contributed by atoms with Gasteiger partial charge in [0.25, 0.3) is 5.91 Å². The van der Waals surface area contributed by atoms with Crippen molar-refractivity contribution in [3.63, 3.8) is 0 Å². The summed E-state index contributed by atoms with van der Waals surface area (Å²) in [6.07, 6.45) is -5.26. The van der Waals surface area contributed by atoms with Crippen molar-refractivity contribution < 1.29 is 37.5 Å². The molecule has 0 aliphatic carbocycles. The summed E-state index contributed by atoms with van der Waals surface area (Å²) in [5.74, 6) is -2.43. The third kappa shape index (κ3) is 8.65. The van der Waals surface area contributed by atoms with Crippen LogP contribution in [0.3, 0.4) is 0 Å². The smallest absolute Gasteiger partial charge is 0.406 e. The molecule has 8 nitrogen and oxygen atoms in total. The van der Waals surface area contributed by atoms with E-state index in [1.807, 2.05) is 30.3 Å². The number of nitrogens with one attached hydrogen (secondary N) is 3. The maximum atomic E-state index is 12.8. The van der Waals surface area contributed by atoms with E-state index in [4.69, 9.17) is 5.21 Å². The van der Waals surface area contributed by atoms with Gasteiger partial charge in [-0.15, -0.1) is 13.2 Å². The molecular weight excluding hydrogens is 491 g/mol. The molecule has 0 aromatic heterocycles. The zero-order valence-corrected chi connectivity index (χ0v) is 19.4. The van der Waals surface area contributed by atoms with Gasteiger partial charge in [0.05, 0.1) is 0 Å². The van der Waals surface area contributed by atoms with Crippen molar-refractivity contribution in [2.24, 2.45) is 0 Å². The van der Waals surface area contributed by atoms with Crippen LogP contribution in [0.1, 0.15) is 28.8 Å². The quantitative estimate of drug-likeness (QED) is 0.241. The van der Waals surface area contributed by atoms with Crippen molar-refractivity contribution in [1.82, 2.24) is 16.1 Å². The van der Waals surface area contributed by atoms with Crippen molar-refractivity contribution >= 4 is 17.7 Å². The number of benzene rings is 3. The molecule has 0 saturated carbocycles. The average Bonchev–Trinajstić information content (AvgIpc) is 2.89. The molecule has 3 aromatic rings. The fourth-order valence-corrected chi connectivity index (χ4v) is 3.45. The fraction of sp³-hybridized carbons (Fsp3) is 0.192. The molecule has 3 rings (SSSR count). The first-order valence-electron chi connectivity index (χ1n) is 11.2. The number of hydroxylamine groups is 1. The molecule has 1 atom stereocenters. The van der Waals surface area contributed by atoms with E-state index in [0.29, 0.717) is 5.56 Å². The standard InChI is InChI=1S/C26H24F3N3O5/c27-26(28,29)37-21-8-4-5-17(15-21)16-30-25(35)22(13-14-23(33)32-36)31-24(34)20-11-9-19(10-12-20)18-6-2-1-3-7-18/h1-12,15,22,36H,13-14,16H2,(H,30,35)(H,31,34)(H,32,33)/t22-/m0/s1. The molecule has 0 aliphatic heterocycles. The molecule has 3 aromatic carbocycles. The highest BCUT2D eigenvalue weighted by Gasteiger charge is 2.31. The minimum Gasteiger partial charge on any atom is -0.406 e. The Kier molecular flexibility index (Phi) is 9.22. The van der Waals surface area contributed by atoms with E-state index < -0.39 is 35.9 Å². The van der Waals surface area contributed by atoms with Gasteiger partial charge < -0.3 is 15.4 Å². The number of halogens is 3. The molecule has 4 N–H and O–H groups in total. The van der Waals surface area contributed by atoms with E-state index in [-0.39, 0.29) is 24.9 Å². The molecule has 0 aliphatic rings. The Hall–Kier alpha value is -4.38. The molecule has 11 heteroatoms. The van der Waals surface area contributed by atoms with E-state index in [1.54, 1.807) is 24.3 Å². The molecule has 37 heavy (non-hydrogen) atoms. The second-order valence-electron chi connectivity index (χ2n) is 7.96. The molecule has 0 spiro atoms. The lowest BCUT2D eigenvalue weighted by atomic mass is 10.0. The Morgan fingerprint density at radius 1 is 0.892 bits per heavy atom. The van der Waals surface area contributed by atoms with Crippen LogP contribution in [0, 0.1) is 0 Å². The number of carbonyl (C=O) groups excluding carboxylic acids is 3. The van der Waals surface area contributed by atoms with Gasteiger partial charge in [0.15, 0.2) is 0 Å². The monoisotopic (exact) mass is 515 g/mol. The Morgan fingerprint density at radius 3 is 2.22 bits per heavy atom. The second-order valence-corrected chi connectivity index (χ2v) is 7.96. The predicted octanol–water partition coefficient (Wildman–Crippen LogP) is 3.95. The SMILES string of the molecule is O=C(CC[C@H](NC(=O)c1ccc(-c2ccccc2)cc1)C(=O)NCc1cccc(OC(F)(F)F)c1)NO. The maximum Gasteiger partial charge on any atom is 0.573 e. The Labute approximate surface area is 210 Å². The fourth-order valence-electron chi connectivity index (χ4n) is 3.45. The number of alkyl halides is 3. The van der Waals surface area contributed by atoms with Gasteiger partial charge in [0.2, 0.25) is 11.8 Å². The number of rotatable bonds is 10. The van der Waals surface area contributed by atoms with Crippen molar-refractivity contribution in [1.29, 1.82) is 0 Å². The maximum absolute atomic E-state index is 12.8. The molecular formula is C26H24F3N3O5. The van der Waals surface area contributed by atoms with Gasteiger partial charge in [-0.05, 0) is 47.4 Å². The van der Waals surface area contributed by atoms with Gasteiger partial charge in [-0.1, -0.05) is 54.6 Å². The predicted molar refractivity (Wildman–Crippen MR) is 127 cm³/mol. The normalized spacial score (nSPS) is 11.8. The highest BCUT2D eigenvalue weighted by Crippen LogP contribution is 2.23. The summed E-state index contributed by atoms with van der Waals surface area (Å²) in [6.45, 7) is -0.155. The third-order valence-corrected chi connectivity index (χ3v) is 5.26. The number of ether oxygens (including phenoxy) is 1. The van der Waals surface area contributed by atoms with Crippen LogP contribution < -0.4 is 20.9 Å². The van der Waals surface area contributed by atoms with Crippen LogP contribution >= 0.6 is 0 Å². The number of amides is 3. The van der Waals surface area contributed by atoms with Crippen molar-refractivity contribution in [3.8, 4) is 16.9 Å². The number of carbonyl (C=O) groups is 3. The topological polar surface area (TPSA) is 117 Å². The lowest BCUT2D eigenvalue weighted by Crippen LogP contribution is -2.47. The first-order chi connectivity index (χ1) is 17.6. The summed E-state index contributed by atoms with van der Waals surface area (Å²) in [7, 11) is 0. The lowest BCUT2D eigenvalue weighted by molar-refractivity contribution is -0.274. The van der Waals surface area contributed by atoms with Crippen LogP contribution in [-0.2, 0) is 16.1 Å². The number of hydrogen-bond acceptors (Lipinski definition) is 5. The molecule has 194 valence electrons. The van der Waals surface area contributed by atoms with Crippen LogP contribution in [0.25, 0.3) is 11.1 Å². The Bertz CT molecular complexity index is 1220. The van der Waals surface area contributed by atoms with E-state index >= 15 is 0 Å². The zero-order valence-electron chi connectivity index (χ0n) is 19.4. The third-order valence-electron chi connectivity index (χ3n) is 5.26. The summed E-state index contributed by atoms with van der Waals surface area (Å²) >= 11 is 0. The Balaban J connectivity index is 1.66. The van der Waals surface area contributed by atoms with E-state index in [2.05, 4.69) is 15.4 Å². The largest absolute Gasteiger partial charge is 0.573 e. The van der Waals surface area contributed by atoms with E-state index in [0.717, 1.165) is 23.3 Å². The summed E-state index contributed by atoms with van der Waals surface area (Å²) < 4.78 is 41.3. The van der Waals surface area contributed by atoms with Crippen LogP contribution in [-0.4, -0.2) is 35.3 Å². The van der Waals surface area contributed by atoms with Crippen molar-refractivity contribution in [3.05, 3.63) is 90.0 Å². The van der Waals surface area contributed by atoms with Gasteiger partial charge in [0, 0.05) is 18.5 Å². The van der Waals surface area contributed by atoms with Crippen LogP contribution in [0.2, 0.25) is 0 Å². The Morgan fingerprint density at radius 2 is 1.57 bits per heavy atom. The van der Waals surface area contributed by atoms with E-state index in [9.17, 15) is 27.6 Å². The summed E-state index contributed by atoms with van der Waals surface area (Å²) in [4.78, 5) is 37.1. The van der Waals surface area contributed by atoms with Crippen molar-refractivity contribution in [2.45, 2.75) is 31.8 Å². The first-order valence-corrected chi connectivity index (χ1v) is 11.2. The highest BCUT2D eigenvalue weighted by atomic mass is 19.4. The van der Waals surface area contributed by atoms with Gasteiger partial charge >= 0.3 is 6.36 Å². The molecule has 0 bridgehead atoms. The lowest BCUT2D eigenvalue weighted by Gasteiger charge is -2.19. The van der Waals surface area contributed by atoms with Gasteiger partial charge in [0.1, 0.15) is 11.8 Å².